The number of hydrogen-bond donors (Lipinski definition) is 2. The van der Waals surface area contributed by atoms with E-state index in [1.165, 1.54) is 0 Å². The molecule has 0 aromatic rings. The fourth-order valence-electron chi connectivity index (χ4n) is 0.606. The molecular formula is C7H12NO4PS. The molecule has 7 heteroatoms. The molecule has 0 spiro atoms. The molecule has 1 unspecified atom stereocenters. The van der Waals surface area contributed by atoms with Gasteiger partial charge in [0.15, 0.2) is 0 Å². The summed E-state index contributed by atoms with van der Waals surface area (Å²) in [6, 6.07) is 0. The molecule has 0 bridgehead atoms. The van der Waals surface area contributed by atoms with Crippen molar-refractivity contribution in [3.63, 3.8) is 0 Å². The molecule has 0 heterocycles. The van der Waals surface area contributed by atoms with E-state index < -0.39 is 12.7 Å². The van der Waals surface area contributed by atoms with Crippen LogP contribution >= 0.6 is 18.0 Å². The molecule has 0 aromatic carbocycles. The molecule has 0 fully saturated rings. The summed E-state index contributed by atoms with van der Waals surface area (Å²) in [5.41, 5.74) is 2.09. The van der Waals surface area contributed by atoms with Gasteiger partial charge >= 0.3 is 12.7 Å². The van der Waals surface area contributed by atoms with Crippen molar-refractivity contribution in [2.45, 2.75) is 6.92 Å². The lowest BCUT2D eigenvalue weighted by Crippen LogP contribution is -2.23. The quantitative estimate of drug-likeness (QED) is 0.418. The smallest absolute Gasteiger partial charge is 0.404 e. The Kier molecular flexibility index (Phi) is 6.46. The van der Waals surface area contributed by atoms with E-state index in [1.807, 2.05) is 0 Å². The van der Waals surface area contributed by atoms with Gasteiger partial charge in [0.2, 0.25) is 0 Å². The van der Waals surface area contributed by atoms with Crippen molar-refractivity contribution in [3.05, 3.63) is 0 Å². The van der Waals surface area contributed by atoms with E-state index in [1.54, 1.807) is 6.92 Å². The van der Waals surface area contributed by atoms with E-state index in [9.17, 15) is 9.36 Å². The highest BCUT2D eigenvalue weighted by atomic mass is 32.7. The third kappa shape index (κ3) is 5.92. The molecular weight excluding hydrogens is 225 g/mol. The lowest BCUT2D eigenvalue weighted by Gasteiger charge is -2.09. The number of carbonyl (C=O) groups is 1. The van der Waals surface area contributed by atoms with Gasteiger partial charge < -0.3 is 14.9 Å². The van der Waals surface area contributed by atoms with Gasteiger partial charge in [-0.3, -0.25) is 4.57 Å². The highest BCUT2D eigenvalue weighted by Crippen LogP contribution is 2.58. The standard InChI is InChI=1S/C7H12NO4PS/c1-3-12-13(11,4-2)14-6-5-8-7(9)10/h2,8H,3,5-6H2,1H3,(H,9,10). The molecule has 0 aromatic heterocycles. The van der Waals surface area contributed by atoms with Crippen LogP contribution in [0, 0.1) is 12.1 Å². The molecule has 0 saturated heterocycles. The third-order valence-corrected chi connectivity index (χ3v) is 4.94. The summed E-state index contributed by atoms with van der Waals surface area (Å²) in [4.78, 5) is 10.1. The van der Waals surface area contributed by atoms with Gasteiger partial charge in [-0.15, -0.1) is 6.42 Å². The monoisotopic (exact) mass is 237 g/mol. The summed E-state index contributed by atoms with van der Waals surface area (Å²) < 4.78 is 16.4. The van der Waals surface area contributed by atoms with E-state index in [2.05, 4.69) is 11.0 Å². The Bertz CT molecular complexity index is 275. The van der Waals surface area contributed by atoms with Gasteiger partial charge in [-0.2, -0.15) is 0 Å². The normalized spacial score (nSPS) is 14.0. The Morgan fingerprint density at radius 2 is 2.43 bits per heavy atom. The van der Waals surface area contributed by atoms with Crippen molar-refractivity contribution >= 4 is 24.0 Å². The van der Waals surface area contributed by atoms with E-state index in [0.717, 1.165) is 11.4 Å². The van der Waals surface area contributed by atoms with Gasteiger partial charge in [0.25, 0.3) is 0 Å². The van der Waals surface area contributed by atoms with Crippen LogP contribution < -0.4 is 5.32 Å². The molecule has 0 aliphatic carbocycles. The minimum atomic E-state index is -3.05. The SMILES string of the molecule is C#CP(=O)(OCC)SCCNC(=O)O. The number of rotatable bonds is 6. The lowest BCUT2D eigenvalue weighted by molar-refractivity contribution is 0.195. The van der Waals surface area contributed by atoms with Crippen molar-refractivity contribution in [1.82, 2.24) is 5.32 Å². The summed E-state index contributed by atoms with van der Waals surface area (Å²) in [5.74, 6) is 0.327. The van der Waals surface area contributed by atoms with E-state index in [0.29, 0.717) is 5.75 Å². The fraction of sp³-hybridized carbons (Fsp3) is 0.571. The number of hydrogen-bond acceptors (Lipinski definition) is 4. The molecule has 0 aliphatic heterocycles. The minimum absolute atomic E-state index is 0.193. The summed E-state index contributed by atoms with van der Waals surface area (Å²) in [5, 5.41) is 10.4. The highest BCUT2D eigenvalue weighted by Gasteiger charge is 2.19. The molecule has 0 rings (SSSR count). The molecule has 14 heavy (non-hydrogen) atoms. The third-order valence-electron chi connectivity index (χ3n) is 1.10. The van der Waals surface area contributed by atoms with Crippen LogP contribution in [0.15, 0.2) is 0 Å². The maximum atomic E-state index is 11.6. The molecule has 0 radical (unpaired) electrons. The van der Waals surface area contributed by atoms with E-state index in [4.69, 9.17) is 16.1 Å². The summed E-state index contributed by atoms with van der Waals surface area (Å²) in [6.07, 6.45) is 3.93. The molecule has 5 nitrogen and oxygen atoms in total. The predicted molar refractivity (Wildman–Crippen MR) is 56.6 cm³/mol. The zero-order valence-corrected chi connectivity index (χ0v) is 9.44. The van der Waals surface area contributed by atoms with Crippen molar-refractivity contribution < 1.29 is 19.0 Å². The number of nitrogens with one attached hydrogen (secondary N) is 1. The Morgan fingerprint density at radius 3 is 2.86 bits per heavy atom. The van der Waals surface area contributed by atoms with Gasteiger partial charge in [0, 0.05) is 12.3 Å². The van der Waals surface area contributed by atoms with Gasteiger partial charge in [-0.1, -0.05) is 11.4 Å². The van der Waals surface area contributed by atoms with Gasteiger partial charge in [0.05, 0.1) is 6.61 Å². The maximum absolute atomic E-state index is 11.6. The molecule has 2 N–H and O–H groups in total. The van der Waals surface area contributed by atoms with Gasteiger partial charge in [0.1, 0.15) is 0 Å². The van der Waals surface area contributed by atoms with Crippen LogP contribution in [-0.2, 0) is 9.09 Å². The average Bonchev–Trinajstić information content (AvgIpc) is 2.13. The topological polar surface area (TPSA) is 75.6 Å². The molecule has 1 atom stereocenters. The largest absolute Gasteiger partial charge is 0.465 e. The second-order valence-corrected chi connectivity index (χ2v) is 6.50. The first kappa shape index (κ1) is 13.4. The second kappa shape index (κ2) is 6.77. The first-order valence-electron chi connectivity index (χ1n) is 3.88. The van der Waals surface area contributed by atoms with Crippen LogP contribution in [0.1, 0.15) is 6.92 Å². The highest BCUT2D eigenvalue weighted by molar-refractivity contribution is 8.58. The molecule has 0 saturated carbocycles. The summed E-state index contributed by atoms with van der Waals surface area (Å²) in [7, 11) is 0. The Morgan fingerprint density at radius 1 is 1.79 bits per heavy atom. The van der Waals surface area contributed by atoms with Crippen LogP contribution in [0.3, 0.4) is 0 Å². The molecule has 1 amide bonds. The number of terminal acetylenes is 1. The van der Waals surface area contributed by atoms with Crippen molar-refractivity contribution in [2.75, 3.05) is 18.9 Å². The number of carboxylic acid groups (broad SMARTS) is 1. The number of amides is 1. The summed E-state index contributed by atoms with van der Waals surface area (Å²) >= 11 is 0.962. The van der Waals surface area contributed by atoms with Gasteiger partial charge in [-0.05, 0) is 12.6 Å². The van der Waals surface area contributed by atoms with Crippen molar-refractivity contribution in [1.29, 1.82) is 0 Å². The zero-order valence-electron chi connectivity index (χ0n) is 7.73. The van der Waals surface area contributed by atoms with Crippen LogP contribution in [0.5, 0.6) is 0 Å². The maximum Gasteiger partial charge on any atom is 0.404 e. The zero-order chi connectivity index (χ0) is 11.0. The lowest BCUT2D eigenvalue weighted by atomic mass is 10.7. The predicted octanol–water partition coefficient (Wildman–Crippen LogP) is 1.81. The second-order valence-electron chi connectivity index (χ2n) is 2.11. The Labute approximate surface area is 86.8 Å². The van der Waals surface area contributed by atoms with E-state index in [-0.39, 0.29) is 13.2 Å². The van der Waals surface area contributed by atoms with Gasteiger partial charge in [-0.25, -0.2) is 4.79 Å². The minimum Gasteiger partial charge on any atom is -0.465 e. The Balaban J connectivity index is 3.80. The van der Waals surface area contributed by atoms with Crippen LogP contribution in [0.25, 0.3) is 0 Å². The first-order chi connectivity index (χ1) is 6.54. The van der Waals surface area contributed by atoms with Crippen molar-refractivity contribution in [3.8, 4) is 12.1 Å². The van der Waals surface area contributed by atoms with Crippen molar-refractivity contribution in [2.24, 2.45) is 0 Å². The van der Waals surface area contributed by atoms with E-state index >= 15 is 0 Å². The fourth-order valence-corrected chi connectivity index (χ4v) is 3.36. The first-order valence-corrected chi connectivity index (χ1v) is 7.09. The van der Waals surface area contributed by atoms with Crippen LogP contribution in [0.4, 0.5) is 4.79 Å². The molecule has 80 valence electrons. The van der Waals surface area contributed by atoms with Crippen LogP contribution in [-0.4, -0.2) is 30.1 Å². The average molecular weight is 237 g/mol. The Hall–Kier alpha value is -0.630. The van der Waals surface area contributed by atoms with Crippen LogP contribution in [0.2, 0.25) is 0 Å². The molecule has 0 aliphatic rings. The summed E-state index contributed by atoms with van der Waals surface area (Å²) in [6.45, 7) is -0.882.